The molecule has 134 valence electrons. The number of benzene rings is 2. The third-order valence-corrected chi connectivity index (χ3v) is 4.75. The van der Waals surface area contributed by atoms with Crippen LogP contribution in [0.25, 0.3) is 11.0 Å². The number of aromatic nitrogens is 2. The SMILES string of the molecule is CCn1c(CN[C@@H](C)c2ccc3c(c2)NC(=O)CO3)nc2ccccc21. The van der Waals surface area contributed by atoms with Gasteiger partial charge in [0.2, 0.25) is 0 Å². The Hall–Kier alpha value is -2.86. The van der Waals surface area contributed by atoms with Gasteiger partial charge in [-0.15, -0.1) is 0 Å². The van der Waals surface area contributed by atoms with Gasteiger partial charge in [-0.1, -0.05) is 18.2 Å². The molecule has 1 aliphatic rings. The summed E-state index contributed by atoms with van der Waals surface area (Å²) in [6.45, 7) is 5.87. The van der Waals surface area contributed by atoms with E-state index in [-0.39, 0.29) is 18.6 Å². The number of rotatable bonds is 5. The van der Waals surface area contributed by atoms with Crippen molar-refractivity contribution in [3.8, 4) is 5.75 Å². The Morgan fingerprint density at radius 1 is 1.31 bits per heavy atom. The fourth-order valence-corrected chi connectivity index (χ4v) is 3.35. The number of carbonyl (C=O) groups excluding carboxylic acids is 1. The second-order valence-corrected chi connectivity index (χ2v) is 6.46. The number of fused-ring (bicyclic) bond motifs is 2. The standard InChI is InChI=1S/C20H22N4O2/c1-3-24-17-7-5-4-6-15(17)22-19(24)11-21-13(2)14-8-9-18-16(10-14)23-20(25)12-26-18/h4-10,13,21H,3,11-12H2,1-2H3,(H,23,25)/t13-/m0/s1. The smallest absolute Gasteiger partial charge is 0.262 e. The molecule has 0 spiro atoms. The van der Waals surface area contributed by atoms with Crippen LogP contribution in [0.5, 0.6) is 5.75 Å². The third kappa shape index (κ3) is 3.04. The second kappa shape index (κ2) is 6.80. The molecule has 0 bridgehead atoms. The van der Waals surface area contributed by atoms with Gasteiger partial charge >= 0.3 is 0 Å². The van der Waals surface area contributed by atoms with Gasteiger partial charge in [-0.2, -0.15) is 0 Å². The van der Waals surface area contributed by atoms with Gasteiger partial charge in [-0.05, 0) is 43.7 Å². The lowest BCUT2D eigenvalue weighted by atomic mass is 10.1. The minimum Gasteiger partial charge on any atom is -0.482 e. The third-order valence-electron chi connectivity index (χ3n) is 4.75. The maximum Gasteiger partial charge on any atom is 0.262 e. The van der Waals surface area contributed by atoms with E-state index >= 15 is 0 Å². The number of amides is 1. The summed E-state index contributed by atoms with van der Waals surface area (Å²) in [5.41, 5.74) is 4.00. The molecule has 1 aromatic heterocycles. The molecule has 0 aliphatic carbocycles. The number of anilines is 1. The van der Waals surface area contributed by atoms with Gasteiger partial charge in [0.05, 0.1) is 23.3 Å². The van der Waals surface area contributed by atoms with Crippen molar-refractivity contribution >= 4 is 22.6 Å². The normalized spacial score (nSPS) is 14.6. The zero-order chi connectivity index (χ0) is 18.1. The van der Waals surface area contributed by atoms with Crippen LogP contribution in [0.15, 0.2) is 42.5 Å². The molecular formula is C20H22N4O2. The molecule has 6 heteroatoms. The average Bonchev–Trinajstić information content (AvgIpc) is 3.02. The highest BCUT2D eigenvalue weighted by Crippen LogP contribution is 2.30. The summed E-state index contributed by atoms with van der Waals surface area (Å²) in [7, 11) is 0. The number of ether oxygens (including phenoxy) is 1. The first-order chi connectivity index (χ1) is 12.7. The van der Waals surface area contributed by atoms with Crippen molar-refractivity contribution in [1.29, 1.82) is 0 Å². The Bertz CT molecular complexity index is 964. The van der Waals surface area contributed by atoms with E-state index in [1.165, 1.54) is 0 Å². The fraction of sp³-hybridized carbons (Fsp3) is 0.300. The molecule has 1 amide bonds. The lowest BCUT2D eigenvalue weighted by molar-refractivity contribution is -0.118. The van der Waals surface area contributed by atoms with Crippen LogP contribution >= 0.6 is 0 Å². The van der Waals surface area contributed by atoms with Crippen molar-refractivity contribution < 1.29 is 9.53 Å². The van der Waals surface area contributed by atoms with E-state index in [2.05, 4.69) is 35.1 Å². The topological polar surface area (TPSA) is 68.2 Å². The molecule has 1 aliphatic heterocycles. The Morgan fingerprint density at radius 3 is 3.00 bits per heavy atom. The molecule has 0 unspecified atom stereocenters. The number of imidazole rings is 1. The molecular weight excluding hydrogens is 328 g/mol. The van der Waals surface area contributed by atoms with Crippen molar-refractivity contribution in [2.45, 2.75) is 33.0 Å². The van der Waals surface area contributed by atoms with Gasteiger partial charge < -0.3 is 19.9 Å². The summed E-state index contributed by atoms with van der Waals surface area (Å²) in [6.07, 6.45) is 0. The van der Waals surface area contributed by atoms with E-state index in [0.717, 1.165) is 34.7 Å². The fourth-order valence-electron chi connectivity index (χ4n) is 3.35. The molecule has 0 saturated carbocycles. The Labute approximate surface area is 152 Å². The molecule has 4 rings (SSSR count). The largest absolute Gasteiger partial charge is 0.482 e. The van der Waals surface area contributed by atoms with Crippen LogP contribution < -0.4 is 15.4 Å². The molecule has 2 heterocycles. The highest BCUT2D eigenvalue weighted by Gasteiger charge is 2.18. The number of hydrogen-bond acceptors (Lipinski definition) is 4. The quantitative estimate of drug-likeness (QED) is 0.741. The van der Waals surface area contributed by atoms with Crippen LogP contribution in [0, 0.1) is 0 Å². The van der Waals surface area contributed by atoms with Gasteiger partial charge in [-0.25, -0.2) is 4.98 Å². The number of nitrogens with one attached hydrogen (secondary N) is 2. The Morgan fingerprint density at radius 2 is 2.15 bits per heavy atom. The van der Waals surface area contributed by atoms with Crippen molar-refractivity contribution in [1.82, 2.24) is 14.9 Å². The van der Waals surface area contributed by atoms with Crippen LogP contribution in [-0.4, -0.2) is 22.1 Å². The van der Waals surface area contributed by atoms with Crippen molar-refractivity contribution in [3.63, 3.8) is 0 Å². The van der Waals surface area contributed by atoms with Crippen molar-refractivity contribution in [2.75, 3.05) is 11.9 Å². The number of hydrogen-bond donors (Lipinski definition) is 2. The maximum atomic E-state index is 11.5. The number of nitrogens with zero attached hydrogens (tertiary/aromatic N) is 2. The van der Waals surface area contributed by atoms with Crippen LogP contribution in [0.2, 0.25) is 0 Å². The summed E-state index contributed by atoms with van der Waals surface area (Å²) in [4.78, 5) is 16.3. The number of para-hydroxylation sites is 2. The molecule has 0 saturated heterocycles. The summed E-state index contributed by atoms with van der Waals surface area (Å²) >= 11 is 0. The molecule has 0 radical (unpaired) electrons. The predicted octanol–water partition coefficient (Wildman–Crippen LogP) is 3.24. The van der Waals surface area contributed by atoms with E-state index in [9.17, 15) is 4.79 Å². The molecule has 0 fully saturated rings. The monoisotopic (exact) mass is 350 g/mol. The highest BCUT2D eigenvalue weighted by atomic mass is 16.5. The van der Waals surface area contributed by atoms with E-state index in [4.69, 9.17) is 9.72 Å². The molecule has 2 N–H and O–H groups in total. The Kier molecular flexibility index (Phi) is 4.34. The van der Waals surface area contributed by atoms with E-state index in [0.29, 0.717) is 12.3 Å². The molecule has 1 atom stereocenters. The van der Waals surface area contributed by atoms with E-state index in [1.807, 2.05) is 36.4 Å². The summed E-state index contributed by atoms with van der Waals surface area (Å²) in [5, 5.41) is 6.39. The second-order valence-electron chi connectivity index (χ2n) is 6.46. The zero-order valence-corrected chi connectivity index (χ0v) is 15.0. The van der Waals surface area contributed by atoms with Crippen molar-refractivity contribution in [2.24, 2.45) is 0 Å². The van der Waals surface area contributed by atoms with Gasteiger partial charge in [0, 0.05) is 12.6 Å². The van der Waals surface area contributed by atoms with Crippen LogP contribution in [0.3, 0.4) is 0 Å². The van der Waals surface area contributed by atoms with E-state index in [1.54, 1.807) is 0 Å². The number of carbonyl (C=O) groups is 1. The van der Waals surface area contributed by atoms with Gasteiger partial charge in [-0.3, -0.25) is 4.79 Å². The zero-order valence-electron chi connectivity index (χ0n) is 15.0. The summed E-state index contributed by atoms with van der Waals surface area (Å²) in [6, 6.07) is 14.2. The number of aryl methyl sites for hydroxylation is 1. The molecule has 6 nitrogen and oxygen atoms in total. The summed E-state index contributed by atoms with van der Waals surface area (Å²) in [5.74, 6) is 1.62. The summed E-state index contributed by atoms with van der Waals surface area (Å²) < 4.78 is 7.65. The average molecular weight is 350 g/mol. The van der Waals surface area contributed by atoms with E-state index < -0.39 is 0 Å². The molecule has 2 aromatic carbocycles. The molecule has 3 aromatic rings. The minimum absolute atomic E-state index is 0.0768. The first kappa shape index (κ1) is 16.6. The highest BCUT2D eigenvalue weighted by molar-refractivity contribution is 5.95. The Balaban J connectivity index is 1.52. The van der Waals surface area contributed by atoms with Gasteiger partial charge in [0.15, 0.2) is 6.61 Å². The predicted molar refractivity (Wildman–Crippen MR) is 101 cm³/mol. The van der Waals surface area contributed by atoms with Crippen LogP contribution in [-0.2, 0) is 17.9 Å². The lowest BCUT2D eigenvalue weighted by Crippen LogP contribution is -2.26. The van der Waals surface area contributed by atoms with Crippen LogP contribution in [0.4, 0.5) is 5.69 Å². The maximum absolute atomic E-state index is 11.5. The van der Waals surface area contributed by atoms with Gasteiger partial charge in [0.1, 0.15) is 11.6 Å². The van der Waals surface area contributed by atoms with Crippen molar-refractivity contribution in [3.05, 3.63) is 53.9 Å². The minimum atomic E-state index is -0.119. The van der Waals surface area contributed by atoms with Gasteiger partial charge in [0.25, 0.3) is 5.91 Å². The van der Waals surface area contributed by atoms with Crippen LogP contribution in [0.1, 0.15) is 31.3 Å². The first-order valence-corrected chi connectivity index (χ1v) is 8.90. The lowest BCUT2D eigenvalue weighted by Gasteiger charge is -2.21. The molecule has 26 heavy (non-hydrogen) atoms. The first-order valence-electron chi connectivity index (χ1n) is 8.90.